The lowest BCUT2D eigenvalue weighted by Crippen LogP contribution is -2.47. The summed E-state index contributed by atoms with van der Waals surface area (Å²) in [6.07, 6.45) is 0. The predicted octanol–water partition coefficient (Wildman–Crippen LogP) is 3.51. The molecule has 4 rings (SSSR count). The summed E-state index contributed by atoms with van der Waals surface area (Å²) in [5.41, 5.74) is 3.17. The molecule has 1 fully saturated rings. The topological polar surface area (TPSA) is 89.6 Å². The number of carbonyl (C=O) groups excluding carboxylic acids is 2. The summed E-state index contributed by atoms with van der Waals surface area (Å²) >= 11 is 0. The summed E-state index contributed by atoms with van der Waals surface area (Å²) in [4.78, 5) is 34.0. The lowest BCUT2D eigenvalue weighted by atomic mass is 10.1. The van der Waals surface area contributed by atoms with Crippen molar-refractivity contribution in [2.75, 3.05) is 55.7 Å². The van der Waals surface area contributed by atoms with E-state index in [2.05, 4.69) is 37.8 Å². The number of pyridine rings is 1. The number of hydrogen-bond donors (Lipinski definition) is 3. The van der Waals surface area contributed by atoms with Crippen LogP contribution in [0.1, 0.15) is 5.69 Å². The van der Waals surface area contributed by atoms with E-state index in [0.717, 1.165) is 42.8 Å². The van der Waals surface area contributed by atoms with Gasteiger partial charge >= 0.3 is 6.03 Å². The number of fused-ring (bicyclic) bond motifs is 1. The summed E-state index contributed by atoms with van der Waals surface area (Å²) < 4.78 is 13.1. The molecule has 8 nitrogen and oxygen atoms in total. The first kappa shape index (κ1) is 22.6. The van der Waals surface area contributed by atoms with E-state index < -0.39 is 6.03 Å². The van der Waals surface area contributed by atoms with E-state index in [1.165, 1.54) is 24.3 Å². The smallest absolute Gasteiger partial charge is 0.323 e. The van der Waals surface area contributed by atoms with Crippen molar-refractivity contribution in [3.05, 3.63) is 60.0 Å². The Balaban J connectivity index is 1.47. The van der Waals surface area contributed by atoms with Crippen LogP contribution in [0, 0.1) is 12.7 Å². The molecule has 1 saturated heterocycles. The standard InChI is InChI=1S/C24H27FN6O2/c1-16-13-22(29-23(32)15-31-11-9-30(2)10-12-31)20-14-19(7-8-21(20)26-16)28-24(33)27-18-5-3-17(25)4-6-18/h3-8,13-14H,9-12,15H2,1-2H3,(H,26,29,32)(H2,27,28,33). The molecular formula is C24H27FN6O2. The molecule has 2 heterocycles. The first-order valence-electron chi connectivity index (χ1n) is 10.8. The lowest BCUT2D eigenvalue weighted by molar-refractivity contribution is -0.117. The van der Waals surface area contributed by atoms with E-state index >= 15 is 0 Å². The van der Waals surface area contributed by atoms with Crippen LogP contribution in [0.2, 0.25) is 0 Å². The van der Waals surface area contributed by atoms with Gasteiger partial charge in [-0.15, -0.1) is 0 Å². The maximum absolute atomic E-state index is 13.1. The molecule has 0 bridgehead atoms. The normalized spacial score (nSPS) is 14.8. The van der Waals surface area contributed by atoms with Crippen molar-refractivity contribution in [1.82, 2.24) is 14.8 Å². The van der Waals surface area contributed by atoms with Crippen LogP contribution in [0.3, 0.4) is 0 Å². The molecule has 0 aliphatic carbocycles. The number of aromatic nitrogens is 1. The number of halogens is 1. The van der Waals surface area contributed by atoms with Gasteiger partial charge in [-0.25, -0.2) is 9.18 Å². The number of amides is 3. The van der Waals surface area contributed by atoms with E-state index in [0.29, 0.717) is 23.6 Å². The summed E-state index contributed by atoms with van der Waals surface area (Å²) in [5, 5.41) is 9.16. The Morgan fingerprint density at radius 3 is 2.33 bits per heavy atom. The summed E-state index contributed by atoms with van der Waals surface area (Å²) in [6.45, 7) is 5.81. The Morgan fingerprint density at radius 2 is 1.61 bits per heavy atom. The Kier molecular flexibility index (Phi) is 6.81. The highest BCUT2D eigenvalue weighted by molar-refractivity contribution is 6.05. The molecule has 1 aromatic heterocycles. The highest BCUT2D eigenvalue weighted by Gasteiger charge is 2.17. The average molecular weight is 451 g/mol. The molecule has 0 saturated carbocycles. The number of benzene rings is 2. The van der Waals surface area contributed by atoms with E-state index in [9.17, 15) is 14.0 Å². The van der Waals surface area contributed by atoms with Crippen LogP contribution in [0.4, 0.5) is 26.2 Å². The van der Waals surface area contributed by atoms with Crippen molar-refractivity contribution >= 4 is 39.9 Å². The van der Waals surface area contributed by atoms with Crippen LogP contribution in [0.15, 0.2) is 48.5 Å². The van der Waals surface area contributed by atoms with E-state index in [-0.39, 0.29) is 11.7 Å². The van der Waals surface area contributed by atoms with E-state index in [1.807, 2.05) is 13.0 Å². The van der Waals surface area contributed by atoms with Gasteiger partial charge in [0.25, 0.3) is 0 Å². The van der Waals surface area contributed by atoms with Gasteiger partial charge in [0.1, 0.15) is 5.82 Å². The van der Waals surface area contributed by atoms with Crippen molar-refractivity contribution in [3.63, 3.8) is 0 Å². The van der Waals surface area contributed by atoms with Crippen molar-refractivity contribution in [2.45, 2.75) is 6.92 Å². The number of likely N-dealkylation sites (N-methyl/N-ethyl adjacent to an activating group) is 1. The number of rotatable bonds is 5. The van der Waals surface area contributed by atoms with Crippen molar-refractivity contribution in [2.24, 2.45) is 0 Å². The third-order valence-corrected chi connectivity index (χ3v) is 5.53. The van der Waals surface area contributed by atoms with Crippen molar-refractivity contribution in [1.29, 1.82) is 0 Å². The van der Waals surface area contributed by atoms with Gasteiger partial charge in [-0.2, -0.15) is 0 Å². The molecule has 2 aromatic carbocycles. The molecule has 9 heteroatoms. The zero-order valence-corrected chi connectivity index (χ0v) is 18.7. The second-order valence-electron chi connectivity index (χ2n) is 8.26. The van der Waals surface area contributed by atoms with Gasteiger partial charge in [0.15, 0.2) is 0 Å². The second kappa shape index (κ2) is 9.93. The SMILES string of the molecule is Cc1cc(NC(=O)CN2CCN(C)CC2)c2cc(NC(=O)Nc3ccc(F)cc3)ccc2n1. The quantitative estimate of drug-likeness (QED) is 0.554. The molecular weight excluding hydrogens is 423 g/mol. The number of aryl methyl sites for hydroxylation is 1. The van der Waals surface area contributed by atoms with Crippen molar-refractivity contribution < 1.29 is 14.0 Å². The number of nitrogens with one attached hydrogen (secondary N) is 3. The molecule has 0 unspecified atom stereocenters. The van der Waals surface area contributed by atoms with Gasteiger partial charge in [0.05, 0.1) is 17.7 Å². The maximum Gasteiger partial charge on any atom is 0.323 e. The zero-order chi connectivity index (χ0) is 23.4. The Hall–Kier alpha value is -3.56. The molecule has 33 heavy (non-hydrogen) atoms. The Morgan fingerprint density at radius 1 is 0.939 bits per heavy atom. The van der Waals surface area contributed by atoms with E-state index in [1.54, 1.807) is 18.2 Å². The molecule has 3 aromatic rings. The Labute approximate surface area is 191 Å². The Bertz CT molecular complexity index is 1160. The number of hydrogen-bond acceptors (Lipinski definition) is 5. The summed E-state index contributed by atoms with van der Waals surface area (Å²) in [6, 6.07) is 12.2. The average Bonchev–Trinajstić information content (AvgIpc) is 2.77. The van der Waals surface area contributed by atoms with E-state index in [4.69, 9.17) is 0 Å². The minimum atomic E-state index is -0.457. The fourth-order valence-corrected chi connectivity index (χ4v) is 3.76. The highest BCUT2D eigenvalue weighted by Crippen LogP contribution is 2.26. The lowest BCUT2D eigenvalue weighted by Gasteiger charge is -2.31. The van der Waals surface area contributed by atoms with Gasteiger partial charge in [0.2, 0.25) is 5.91 Å². The van der Waals surface area contributed by atoms with Crippen LogP contribution < -0.4 is 16.0 Å². The van der Waals surface area contributed by atoms with Crippen LogP contribution >= 0.6 is 0 Å². The molecule has 3 amide bonds. The molecule has 0 radical (unpaired) electrons. The highest BCUT2D eigenvalue weighted by atomic mass is 19.1. The third-order valence-electron chi connectivity index (χ3n) is 5.53. The van der Waals surface area contributed by atoms with Crippen LogP contribution in [-0.4, -0.2) is 66.5 Å². The van der Waals surface area contributed by atoms with Crippen LogP contribution in [-0.2, 0) is 4.79 Å². The fraction of sp³-hybridized carbons (Fsp3) is 0.292. The second-order valence-corrected chi connectivity index (χ2v) is 8.26. The summed E-state index contributed by atoms with van der Waals surface area (Å²) in [5.74, 6) is -0.459. The fourth-order valence-electron chi connectivity index (χ4n) is 3.76. The molecule has 172 valence electrons. The van der Waals surface area contributed by atoms with Gasteiger partial charge in [-0.1, -0.05) is 0 Å². The monoisotopic (exact) mass is 450 g/mol. The van der Waals surface area contributed by atoms with Crippen LogP contribution in [0.25, 0.3) is 10.9 Å². The molecule has 1 aliphatic rings. The van der Waals surface area contributed by atoms with Crippen LogP contribution in [0.5, 0.6) is 0 Å². The predicted molar refractivity (Wildman–Crippen MR) is 128 cm³/mol. The third kappa shape index (κ3) is 6.03. The van der Waals surface area contributed by atoms with Gasteiger partial charge in [-0.05, 0) is 62.5 Å². The molecule has 3 N–H and O–H groups in total. The minimum absolute atomic E-state index is 0.0844. The number of carbonyl (C=O) groups is 2. The number of urea groups is 1. The largest absolute Gasteiger partial charge is 0.324 e. The number of nitrogens with zero attached hydrogens (tertiary/aromatic N) is 3. The first-order chi connectivity index (χ1) is 15.9. The van der Waals surface area contributed by atoms with Gasteiger partial charge in [-0.3, -0.25) is 14.7 Å². The number of piperazine rings is 1. The first-order valence-corrected chi connectivity index (χ1v) is 10.8. The number of anilines is 3. The van der Waals surface area contributed by atoms with Gasteiger partial charge < -0.3 is 20.9 Å². The van der Waals surface area contributed by atoms with Gasteiger partial charge in [0, 0.05) is 48.6 Å². The molecule has 0 atom stereocenters. The minimum Gasteiger partial charge on any atom is -0.324 e. The molecule has 1 aliphatic heterocycles. The maximum atomic E-state index is 13.1. The zero-order valence-electron chi connectivity index (χ0n) is 18.7. The summed E-state index contributed by atoms with van der Waals surface area (Å²) in [7, 11) is 2.08. The molecule has 0 spiro atoms. The van der Waals surface area contributed by atoms with Crippen molar-refractivity contribution in [3.8, 4) is 0 Å².